The van der Waals surface area contributed by atoms with Crippen molar-refractivity contribution in [2.45, 2.75) is 5.41 Å². The van der Waals surface area contributed by atoms with E-state index in [1.807, 2.05) is 0 Å². The summed E-state index contributed by atoms with van der Waals surface area (Å²) in [6.07, 6.45) is 2.41. The van der Waals surface area contributed by atoms with Crippen molar-refractivity contribution < 1.29 is 0 Å². The van der Waals surface area contributed by atoms with Crippen molar-refractivity contribution in [2.75, 3.05) is 4.90 Å². The van der Waals surface area contributed by atoms with Crippen LogP contribution in [0.2, 0.25) is 0 Å². The van der Waals surface area contributed by atoms with Crippen molar-refractivity contribution in [3.8, 4) is 33.4 Å². The molecule has 0 unspecified atom stereocenters. The van der Waals surface area contributed by atoms with Gasteiger partial charge in [0.05, 0.1) is 5.41 Å². The second-order valence-corrected chi connectivity index (χ2v) is 14.5. The van der Waals surface area contributed by atoms with E-state index in [0.29, 0.717) is 0 Å². The largest absolute Gasteiger partial charge is 0.313 e. The van der Waals surface area contributed by atoms with Gasteiger partial charge >= 0.3 is 0 Å². The summed E-state index contributed by atoms with van der Waals surface area (Å²) >= 11 is 0. The lowest BCUT2D eigenvalue weighted by Gasteiger charge is -2.41. The minimum Gasteiger partial charge on any atom is -0.313 e. The second kappa shape index (κ2) is 14.2. The Hall–Kier alpha value is -7.22. The molecule has 9 aromatic carbocycles. The lowest BCUT2D eigenvalue weighted by molar-refractivity contribution is 0.725. The standard InChI is InChI=1S/C55H39N/c1-4-14-40(15-5-1)42-24-26-43(27-25-42)44-30-34-51(35-31-44)56(52-36-32-45(33-37-52)47-29-28-41-16-10-11-17-46(41)38-47)54-39-48-18-12-13-23-53(48)55(54,49-19-6-2-7-20-49)50-21-8-3-9-22-50/h1-39H. The third-order valence-corrected chi connectivity index (χ3v) is 11.4. The Bertz CT molecular complexity index is 2760. The second-order valence-electron chi connectivity index (χ2n) is 14.5. The summed E-state index contributed by atoms with van der Waals surface area (Å²) in [5.41, 5.74) is 15.0. The van der Waals surface area contributed by atoms with Crippen LogP contribution in [0.15, 0.2) is 236 Å². The number of nitrogens with zero attached hydrogens (tertiary/aromatic N) is 1. The summed E-state index contributed by atoms with van der Waals surface area (Å²) in [5, 5.41) is 2.50. The molecule has 0 spiro atoms. The number of hydrogen-bond acceptors (Lipinski definition) is 1. The molecule has 0 heterocycles. The van der Waals surface area contributed by atoms with Gasteiger partial charge < -0.3 is 4.90 Å². The molecule has 10 rings (SSSR count). The number of fused-ring (bicyclic) bond motifs is 2. The van der Waals surface area contributed by atoms with Crippen molar-refractivity contribution in [3.63, 3.8) is 0 Å². The van der Waals surface area contributed by atoms with E-state index in [9.17, 15) is 0 Å². The number of rotatable bonds is 8. The molecule has 0 bridgehead atoms. The topological polar surface area (TPSA) is 3.24 Å². The van der Waals surface area contributed by atoms with Crippen LogP contribution in [-0.2, 0) is 5.41 Å². The van der Waals surface area contributed by atoms with Crippen molar-refractivity contribution in [1.82, 2.24) is 0 Å². The number of benzene rings is 9. The lowest BCUT2D eigenvalue weighted by atomic mass is 9.68. The molecule has 0 atom stereocenters. The van der Waals surface area contributed by atoms with Gasteiger partial charge in [0.1, 0.15) is 0 Å². The van der Waals surface area contributed by atoms with Gasteiger partial charge in [-0.25, -0.2) is 0 Å². The first-order chi connectivity index (χ1) is 27.8. The van der Waals surface area contributed by atoms with Crippen LogP contribution in [0.25, 0.3) is 50.2 Å². The number of allylic oxidation sites excluding steroid dienone is 1. The molecule has 0 aliphatic heterocycles. The highest BCUT2D eigenvalue weighted by molar-refractivity contribution is 5.89. The maximum Gasteiger partial charge on any atom is 0.0863 e. The predicted molar refractivity (Wildman–Crippen MR) is 236 cm³/mol. The molecule has 0 saturated heterocycles. The lowest BCUT2D eigenvalue weighted by Crippen LogP contribution is -2.37. The Morgan fingerprint density at radius 1 is 0.304 bits per heavy atom. The Morgan fingerprint density at radius 3 is 1.29 bits per heavy atom. The summed E-state index contributed by atoms with van der Waals surface area (Å²) in [7, 11) is 0. The summed E-state index contributed by atoms with van der Waals surface area (Å²) in [6, 6.07) is 83.9. The molecule has 264 valence electrons. The Labute approximate surface area is 329 Å². The van der Waals surface area contributed by atoms with Gasteiger partial charge in [0.25, 0.3) is 0 Å². The summed E-state index contributed by atoms with van der Waals surface area (Å²) < 4.78 is 0. The van der Waals surface area contributed by atoms with Gasteiger partial charge in [-0.05, 0) is 103 Å². The van der Waals surface area contributed by atoms with Gasteiger partial charge in [-0.15, -0.1) is 0 Å². The van der Waals surface area contributed by atoms with Crippen molar-refractivity contribution in [3.05, 3.63) is 258 Å². The Kier molecular flexibility index (Phi) is 8.46. The van der Waals surface area contributed by atoms with Crippen LogP contribution in [0, 0.1) is 0 Å². The van der Waals surface area contributed by atoms with Gasteiger partial charge in [-0.1, -0.05) is 200 Å². The normalized spacial score (nSPS) is 12.9. The fraction of sp³-hybridized carbons (Fsp3) is 0.0182. The van der Waals surface area contributed by atoms with E-state index in [0.717, 1.165) is 11.4 Å². The fourth-order valence-electron chi connectivity index (χ4n) is 8.63. The summed E-state index contributed by atoms with van der Waals surface area (Å²) in [4.78, 5) is 2.48. The zero-order valence-electron chi connectivity index (χ0n) is 31.0. The Balaban J connectivity index is 1.13. The first kappa shape index (κ1) is 33.4. The maximum absolute atomic E-state index is 2.48. The van der Waals surface area contributed by atoms with Crippen LogP contribution >= 0.6 is 0 Å². The Morgan fingerprint density at radius 2 is 0.714 bits per heavy atom. The van der Waals surface area contributed by atoms with Crippen LogP contribution in [0.1, 0.15) is 22.3 Å². The van der Waals surface area contributed by atoms with Crippen molar-refractivity contribution >= 4 is 28.2 Å². The van der Waals surface area contributed by atoms with Gasteiger partial charge in [0.2, 0.25) is 0 Å². The van der Waals surface area contributed by atoms with E-state index in [2.05, 4.69) is 241 Å². The maximum atomic E-state index is 2.48. The number of anilines is 2. The van der Waals surface area contributed by atoms with Gasteiger partial charge in [-0.3, -0.25) is 0 Å². The third kappa shape index (κ3) is 5.82. The highest BCUT2D eigenvalue weighted by atomic mass is 15.2. The molecule has 0 saturated carbocycles. The average molecular weight is 714 g/mol. The summed E-state index contributed by atoms with van der Waals surface area (Å²) in [5.74, 6) is 0. The predicted octanol–water partition coefficient (Wildman–Crippen LogP) is 14.4. The van der Waals surface area contributed by atoms with Gasteiger partial charge in [0, 0.05) is 17.1 Å². The molecule has 1 aliphatic carbocycles. The van der Waals surface area contributed by atoms with Crippen LogP contribution in [-0.4, -0.2) is 0 Å². The van der Waals surface area contributed by atoms with Gasteiger partial charge in [0.15, 0.2) is 0 Å². The monoisotopic (exact) mass is 713 g/mol. The van der Waals surface area contributed by atoms with E-state index in [-0.39, 0.29) is 0 Å². The SMILES string of the molecule is C1=C(N(c2ccc(-c3ccc(-c4ccccc4)cc3)cc2)c2ccc(-c3ccc4ccccc4c3)cc2)C(c2ccccc2)(c2ccccc2)c2ccccc21. The summed E-state index contributed by atoms with van der Waals surface area (Å²) in [6.45, 7) is 0. The molecular weight excluding hydrogens is 675 g/mol. The first-order valence-electron chi connectivity index (χ1n) is 19.3. The molecule has 0 fully saturated rings. The molecule has 1 aliphatic rings. The smallest absolute Gasteiger partial charge is 0.0863 e. The molecule has 1 heteroatoms. The minimum atomic E-state index is -0.567. The quantitative estimate of drug-likeness (QED) is 0.152. The van der Waals surface area contributed by atoms with Crippen LogP contribution < -0.4 is 4.90 Å². The molecule has 56 heavy (non-hydrogen) atoms. The zero-order chi connectivity index (χ0) is 37.3. The molecular formula is C55H39N. The van der Waals surface area contributed by atoms with Crippen molar-refractivity contribution in [2.24, 2.45) is 0 Å². The van der Waals surface area contributed by atoms with Gasteiger partial charge in [-0.2, -0.15) is 0 Å². The molecule has 0 N–H and O–H groups in total. The minimum absolute atomic E-state index is 0.567. The molecule has 0 aromatic heterocycles. The fourth-order valence-corrected chi connectivity index (χ4v) is 8.63. The van der Waals surface area contributed by atoms with E-state index >= 15 is 0 Å². The number of hydrogen-bond donors (Lipinski definition) is 0. The van der Waals surface area contributed by atoms with Crippen molar-refractivity contribution in [1.29, 1.82) is 0 Å². The van der Waals surface area contributed by atoms with E-state index in [4.69, 9.17) is 0 Å². The highest BCUT2D eigenvalue weighted by Crippen LogP contribution is 2.55. The molecule has 0 amide bonds. The molecule has 1 nitrogen and oxygen atoms in total. The molecule has 0 radical (unpaired) electrons. The van der Waals surface area contributed by atoms with E-state index in [1.165, 1.54) is 72.1 Å². The third-order valence-electron chi connectivity index (χ3n) is 11.4. The average Bonchev–Trinajstić information content (AvgIpc) is 3.63. The van der Waals surface area contributed by atoms with E-state index in [1.54, 1.807) is 0 Å². The molecule has 9 aromatic rings. The van der Waals surface area contributed by atoms with Crippen LogP contribution in [0.4, 0.5) is 11.4 Å². The first-order valence-corrected chi connectivity index (χ1v) is 19.3. The van der Waals surface area contributed by atoms with Crippen LogP contribution in [0.5, 0.6) is 0 Å². The van der Waals surface area contributed by atoms with Crippen LogP contribution in [0.3, 0.4) is 0 Å². The highest BCUT2D eigenvalue weighted by Gasteiger charge is 2.47. The van der Waals surface area contributed by atoms with E-state index < -0.39 is 5.41 Å². The zero-order valence-corrected chi connectivity index (χ0v) is 31.0.